The number of amides is 1. The van der Waals surface area contributed by atoms with Gasteiger partial charge >= 0.3 is 0 Å². The van der Waals surface area contributed by atoms with Gasteiger partial charge in [0, 0.05) is 18.7 Å². The zero-order valence-electron chi connectivity index (χ0n) is 11.2. The predicted octanol–water partition coefficient (Wildman–Crippen LogP) is 2.81. The molecule has 2 aromatic rings. The van der Waals surface area contributed by atoms with Crippen LogP contribution >= 0.6 is 0 Å². The second-order valence-electron chi connectivity index (χ2n) is 4.30. The van der Waals surface area contributed by atoms with E-state index in [-0.39, 0.29) is 5.91 Å². The molecule has 1 heterocycles. The van der Waals surface area contributed by atoms with Gasteiger partial charge in [0.1, 0.15) is 5.76 Å². The normalized spacial score (nSPS) is 10.4. The number of furan rings is 1. The number of aryl methyl sites for hydroxylation is 1. The number of nitrogens with one attached hydrogen (secondary N) is 2. The van der Waals surface area contributed by atoms with Gasteiger partial charge in [-0.25, -0.2) is 0 Å². The Kier molecular flexibility index (Phi) is 4.36. The third-order valence-electron chi connectivity index (χ3n) is 2.88. The lowest BCUT2D eigenvalue weighted by Gasteiger charge is -2.07. The van der Waals surface area contributed by atoms with Crippen LogP contribution < -0.4 is 10.6 Å². The van der Waals surface area contributed by atoms with Crippen LogP contribution in [-0.2, 0) is 13.0 Å². The van der Waals surface area contributed by atoms with Crippen LogP contribution in [0.25, 0.3) is 0 Å². The monoisotopic (exact) mass is 258 g/mol. The fraction of sp³-hybridized carbons (Fsp3) is 0.267. The molecule has 2 rings (SSSR count). The summed E-state index contributed by atoms with van der Waals surface area (Å²) in [5, 5.41) is 5.97. The van der Waals surface area contributed by atoms with E-state index in [4.69, 9.17) is 4.42 Å². The molecule has 19 heavy (non-hydrogen) atoms. The molecule has 4 heteroatoms. The highest BCUT2D eigenvalue weighted by atomic mass is 16.3. The number of carbonyl (C=O) groups excluding carboxylic acids is 1. The first kappa shape index (κ1) is 13.4. The maximum atomic E-state index is 12.1. The standard InChI is InChI=1S/C15H18N2O2/c1-3-14-13(7-8-19-14)15(18)17-12-6-4-5-11(9-12)10-16-2/h4-9,16H,3,10H2,1-2H3,(H,17,18). The van der Waals surface area contributed by atoms with Gasteiger partial charge < -0.3 is 15.1 Å². The maximum absolute atomic E-state index is 12.1. The number of rotatable bonds is 5. The molecule has 1 aromatic heterocycles. The van der Waals surface area contributed by atoms with Crippen LogP contribution in [0.4, 0.5) is 5.69 Å². The van der Waals surface area contributed by atoms with E-state index in [0.717, 1.165) is 17.8 Å². The van der Waals surface area contributed by atoms with Gasteiger partial charge in [0.15, 0.2) is 0 Å². The number of hydrogen-bond acceptors (Lipinski definition) is 3. The Bertz CT molecular complexity index is 561. The second kappa shape index (κ2) is 6.20. The molecular formula is C15H18N2O2. The quantitative estimate of drug-likeness (QED) is 0.867. The summed E-state index contributed by atoms with van der Waals surface area (Å²) in [6, 6.07) is 9.48. The minimum atomic E-state index is -0.132. The number of benzene rings is 1. The van der Waals surface area contributed by atoms with Crippen molar-refractivity contribution >= 4 is 11.6 Å². The van der Waals surface area contributed by atoms with Gasteiger partial charge in [0.2, 0.25) is 0 Å². The summed E-state index contributed by atoms with van der Waals surface area (Å²) in [5.74, 6) is 0.580. The number of carbonyl (C=O) groups is 1. The Morgan fingerprint density at radius 2 is 2.16 bits per heavy atom. The lowest BCUT2D eigenvalue weighted by Crippen LogP contribution is -2.13. The van der Waals surface area contributed by atoms with Gasteiger partial charge in [0.25, 0.3) is 5.91 Å². The zero-order valence-corrected chi connectivity index (χ0v) is 11.2. The highest BCUT2D eigenvalue weighted by Crippen LogP contribution is 2.15. The molecule has 0 aliphatic rings. The van der Waals surface area contributed by atoms with E-state index in [1.807, 2.05) is 38.2 Å². The molecule has 0 aliphatic heterocycles. The van der Waals surface area contributed by atoms with Crippen LogP contribution in [0.5, 0.6) is 0 Å². The molecule has 0 saturated carbocycles. The van der Waals surface area contributed by atoms with Crippen LogP contribution in [0.2, 0.25) is 0 Å². The van der Waals surface area contributed by atoms with Crippen molar-refractivity contribution in [2.75, 3.05) is 12.4 Å². The molecule has 1 amide bonds. The summed E-state index contributed by atoms with van der Waals surface area (Å²) >= 11 is 0. The van der Waals surface area contributed by atoms with Crippen molar-refractivity contribution < 1.29 is 9.21 Å². The summed E-state index contributed by atoms with van der Waals surface area (Å²) < 4.78 is 5.26. The van der Waals surface area contributed by atoms with E-state index in [2.05, 4.69) is 10.6 Å². The van der Waals surface area contributed by atoms with Crippen molar-refractivity contribution in [3.8, 4) is 0 Å². The van der Waals surface area contributed by atoms with Crippen molar-refractivity contribution in [3.63, 3.8) is 0 Å². The topological polar surface area (TPSA) is 54.3 Å². The van der Waals surface area contributed by atoms with Gasteiger partial charge in [-0.1, -0.05) is 19.1 Å². The van der Waals surface area contributed by atoms with Crippen LogP contribution in [-0.4, -0.2) is 13.0 Å². The first-order valence-electron chi connectivity index (χ1n) is 6.36. The molecule has 0 saturated heterocycles. The molecule has 100 valence electrons. The Hall–Kier alpha value is -2.07. The largest absolute Gasteiger partial charge is 0.469 e. The van der Waals surface area contributed by atoms with E-state index in [1.54, 1.807) is 12.3 Å². The first-order valence-corrected chi connectivity index (χ1v) is 6.36. The van der Waals surface area contributed by atoms with E-state index >= 15 is 0 Å². The van der Waals surface area contributed by atoms with Crippen LogP contribution in [0, 0.1) is 0 Å². The molecule has 0 unspecified atom stereocenters. The van der Waals surface area contributed by atoms with Crippen molar-refractivity contribution in [3.05, 3.63) is 53.5 Å². The molecule has 2 N–H and O–H groups in total. The Balaban J connectivity index is 2.12. The van der Waals surface area contributed by atoms with Crippen molar-refractivity contribution in [2.45, 2.75) is 19.9 Å². The fourth-order valence-electron chi connectivity index (χ4n) is 1.98. The van der Waals surface area contributed by atoms with E-state index in [9.17, 15) is 4.79 Å². The van der Waals surface area contributed by atoms with Crippen molar-refractivity contribution in [1.82, 2.24) is 5.32 Å². The summed E-state index contributed by atoms with van der Waals surface area (Å²) in [6.07, 6.45) is 2.25. The van der Waals surface area contributed by atoms with E-state index in [0.29, 0.717) is 17.7 Å². The summed E-state index contributed by atoms with van der Waals surface area (Å²) in [7, 11) is 1.89. The van der Waals surface area contributed by atoms with Crippen molar-refractivity contribution in [1.29, 1.82) is 0 Å². The lowest BCUT2D eigenvalue weighted by atomic mass is 10.1. The highest BCUT2D eigenvalue weighted by molar-refractivity contribution is 6.04. The van der Waals surface area contributed by atoms with E-state index in [1.165, 1.54) is 0 Å². The van der Waals surface area contributed by atoms with Crippen molar-refractivity contribution in [2.24, 2.45) is 0 Å². The molecule has 0 radical (unpaired) electrons. The number of anilines is 1. The average molecular weight is 258 g/mol. The fourth-order valence-corrected chi connectivity index (χ4v) is 1.98. The molecule has 1 aromatic carbocycles. The second-order valence-corrected chi connectivity index (χ2v) is 4.30. The Morgan fingerprint density at radius 3 is 2.89 bits per heavy atom. The first-order chi connectivity index (χ1) is 9.24. The predicted molar refractivity (Wildman–Crippen MR) is 75.2 cm³/mol. The molecule has 0 fully saturated rings. The molecule has 0 spiro atoms. The summed E-state index contributed by atoms with van der Waals surface area (Å²) in [6.45, 7) is 2.73. The minimum absolute atomic E-state index is 0.132. The summed E-state index contributed by atoms with van der Waals surface area (Å²) in [5.41, 5.74) is 2.52. The molecule has 4 nitrogen and oxygen atoms in total. The van der Waals surface area contributed by atoms with Crippen LogP contribution in [0.1, 0.15) is 28.6 Å². The zero-order chi connectivity index (χ0) is 13.7. The lowest BCUT2D eigenvalue weighted by molar-refractivity contribution is 0.102. The van der Waals surface area contributed by atoms with E-state index < -0.39 is 0 Å². The minimum Gasteiger partial charge on any atom is -0.469 e. The van der Waals surface area contributed by atoms with Gasteiger partial charge in [-0.3, -0.25) is 4.79 Å². The van der Waals surface area contributed by atoms with Gasteiger partial charge in [-0.05, 0) is 30.8 Å². The van der Waals surface area contributed by atoms with Crippen LogP contribution in [0.15, 0.2) is 41.0 Å². The van der Waals surface area contributed by atoms with Gasteiger partial charge in [0.05, 0.1) is 11.8 Å². The Labute approximate surface area is 112 Å². The molecular weight excluding hydrogens is 240 g/mol. The van der Waals surface area contributed by atoms with Gasteiger partial charge in [-0.2, -0.15) is 0 Å². The average Bonchev–Trinajstić information content (AvgIpc) is 2.88. The smallest absolute Gasteiger partial charge is 0.259 e. The highest BCUT2D eigenvalue weighted by Gasteiger charge is 2.13. The SMILES string of the molecule is CCc1occc1C(=O)Nc1cccc(CNC)c1. The molecule has 0 bridgehead atoms. The van der Waals surface area contributed by atoms with Gasteiger partial charge in [-0.15, -0.1) is 0 Å². The molecule has 0 atom stereocenters. The Morgan fingerprint density at radius 1 is 1.32 bits per heavy atom. The third kappa shape index (κ3) is 3.23. The molecule has 0 aliphatic carbocycles. The summed E-state index contributed by atoms with van der Waals surface area (Å²) in [4.78, 5) is 12.1. The maximum Gasteiger partial charge on any atom is 0.259 e. The van der Waals surface area contributed by atoms with Crippen LogP contribution in [0.3, 0.4) is 0 Å². The third-order valence-corrected chi connectivity index (χ3v) is 2.88. The number of hydrogen-bond donors (Lipinski definition) is 2.